The molecule has 0 amide bonds. The van der Waals surface area contributed by atoms with Crippen LogP contribution in [0.1, 0.15) is 25.5 Å². The number of hydrogen-bond donors (Lipinski definition) is 2. The van der Waals surface area contributed by atoms with Crippen molar-refractivity contribution >= 4 is 21.8 Å². The Bertz CT molecular complexity index is 471. The maximum atomic E-state index is 11.1. The molecule has 0 aliphatic rings. The van der Waals surface area contributed by atoms with E-state index in [-0.39, 0.29) is 10.9 Å². The summed E-state index contributed by atoms with van der Waals surface area (Å²) in [5.74, 6) is 1.04. The van der Waals surface area contributed by atoms with Crippen LogP contribution in [0.4, 0.5) is 0 Å². The summed E-state index contributed by atoms with van der Waals surface area (Å²) >= 11 is 1.79. The van der Waals surface area contributed by atoms with Gasteiger partial charge in [0.05, 0.1) is 4.90 Å². The van der Waals surface area contributed by atoms with Gasteiger partial charge in [-0.1, -0.05) is 12.1 Å². The Hall–Kier alpha value is -0.560. The van der Waals surface area contributed by atoms with E-state index in [1.54, 1.807) is 36.0 Å². The molecule has 1 aromatic carbocycles. The molecule has 0 spiro atoms. The molecule has 4 nitrogen and oxygen atoms in total. The molecule has 0 saturated carbocycles. The summed E-state index contributed by atoms with van der Waals surface area (Å²) in [4.78, 5) is 0.149. The maximum absolute atomic E-state index is 11.1. The van der Waals surface area contributed by atoms with Crippen molar-refractivity contribution < 1.29 is 8.42 Å². The van der Waals surface area contributed by atoms with Gasteiger partial charge < -0.3 is 5.32 Å². The molecule has 0 saturated heterocycles. The Morgan fingerprint density at radius 2 is 1.83 bits per heavy atom. The number of primary sulfonamides is 1. The number of rotatable bonds is 6. The topological polar surface area (TPSA) is 72.2 Å². The predicted octanol–water partition coefficient (Wildman–Crippen LogP) is 1.74. The Balaban J connectivity index is 2.73. The SMILES string of the molecule is CSCC(C)NC(C)c1ccc(S(N)(=O)=O)cc1. The van der Waals surface area contributed by atoms with Gasteiger partial charge in [0.15, 0.2) is 0 Å². The molecule has 0 aliphatic heterocycles. The highest BCUT2D eigenvalue weighted by atomic mass is 32.2. The lowest BCUT2D eigenvalue weighted by Crippen LogP contribution is -2.30. The third kappa shape index (κ3) is 4.61. The van der Waals surface area contributed by atoms with Gasteiger partial charge >= 0.3 is 0 Å². The number of nitrogens with two attached hydrogens (primary N) is 1. The monoisotopic (exact) mass is 288 g/mol. The van der Waals surface area contributed by atoms with Crippen molar-refractivity contribution in [1.82, 2.24) is 5.32 Å². The molecule has 0 radical (unpaired) electrons. The van der Waals surface area contributed by atoms with Gasteiger partial charge in [-0.05, 0) is 37.8 Å². The van der Waals surface area contributed by atoms with E-state index in [0.717, 1.165) is 11.3 Å². The number of nitrogens with one attached hydrogen (secondary N) is 1. The third-order valence-electron chi connectivity index (χ3n) is 2.66. The standard InChI is InChI=1S/C12H20N2O2S2/c1-9(8-17-3)14-10(2)11-4-6-12(7-5-11)18(13,15)16/h4-7,9-10,14H,8H2,1-3H3,(H2,13,15,16). The first kappa shape index (κ1) is 15.5. The number of sulfonamides is 1. The van der Waals surface area contributed by atoms with Crippen molar-refractivity contribution in [3.63, 3.8) is 0 Å². The van der Waals surface area contributed by atoms with Gasteiger partial charge in [0, 0.05) is 17.8 Å². The van der Waals surface area contributed by atoms with E-state index in [4.69, 9.17) is 5.14 Å². The second-order valence-corrected chi connectivity index (χ2v) is 6.83. The molecule has 2 atom stereocenters. The van der Waals surface area contributed by atoms with Crippen LogP contribution in [0.15, 0.2) is 29.2 Å². The van der Waals surface area contributed by atoms with E-state index in [0.29, 0.717) is 6.04 Å². The summed E-state index contributed by atoms with van der Waals surface area (Å²) in [6.07, 6.45) is 2.07. The van der Waals surface area contributed by atoms with Gasteiger partial charge in [-0.15, -0.1) is 0 Å². The molecule has 1 aromatic rings. The first-order valence-electron chi connectivity index (χ1n) is 5.72. The fraction of sp³-hybridized carbons (Fsp3) is 0.500. The van der Waals surface area contributed by atoms with Crippen molar-refractivity contribution in [3.8, 4) is 0 Å². The Morgan fingerprint density at radius 3 is 2.28 bits per heavy atom. The van der Waals surface area contributed by atoms with Gasteiger partial charge in [-0.3, -0.25) is 0 Å². The van der Waals surface area contributed by atoms with E-state index in [9.17, 15) is 8.42 Å². The van der Waals surface area contributed by atoms with E-state index in [2.05, 4.69) is 25.4 Å². The van der Waals surface area contributed by atoms with Gasteiger partial charge in [-0.2, -0.15) is 11.8 Å². The first-order valence-corrected chi connectivity index (χ1v) is 8.66. The Kier molecular flexibility index (Phi) is 5.65. The van der Waals surface area contributed by atoms with Crippen LogP contribution >= 0.6 is 11.8 Å². The fourth-order valence-electron chi connectivity index (χ4n) is 1.77. The summed E-state index contributed by atoms with van der Waals surface area (Å²) in [7, 11) is -3.60. The number of thioether (sulfide) groups is 1. The van der Waals surface area contributed by atoms with Crippen LogP contribution in [0, 0.1) is 0 Å². The molecule has 0 heterocycles. The minimum atomic E-state index is -3.60. The van der Waals surface area contributed by atoms with Gasteiger partial charge in [0.25, 0.3) is 0 Å². The summed E-state index contributed by atoms with van der Waals surface area (Å²) in [5.41, 5.74) is 1.05. The van der Waals surface area contributed by atoms with Crippen LogP contribution in [0.25, 0.3) is 0 Å². The third-order valence-corrected chi connectivity index (χ3v) is 4.42. The quantitative estimate of drug-likeness (QED) is 0.836. The molecule has 3 N–H and O–H groups in total. The minimum absolute atomic E-state index is 0.149. The van der Waals surface area contributed by atoms with E-state index in [1.165, 1.54) is 0 Å². The molecule has 1 rings (SSSR count). The van der Waals surface area contributed by atoms with Crippen LogP contribution < -0.4 is 10.5 Å². The van der Waals surface area contributed by atoms with Crippen LogP contribution in [0.3, 0.4) is 0 Å². The average Bonchev–Trinajstić information content (AvgIpc) is 2.28. The van der Waals surface area contributed by atoms with Gasteiger partial charge in [0.1, 0.15) is 0 Å². The first-order chi connectivity index (χ1) is 8.34. The van der Waals surface area contributed by atoms with Gasteiger partial charge in [0.2, 0.25) is 10.0 Å². The molecule has 0 aromatic heterocycles. The highest BCUT2D eigenvalue weighted by Crippen LogP contribution is 2.16. The van der Waals surface area contributed by atoms with Crippen molar-refractivity contribution in [2.45, 2.75) is 30.8 Å². The molecular weight excluding hydrogens is 268 g/mol. The molecule has 0 bridgehead atoms. The molecule has 6 heteroatoms. The lowest BCUT2D eigenvalue weighted by molar-refractivity contribution is 0.511. The zero-order valence-corrected chi connectivity index (χ0v) is 12.5. The zero-order valence-electron chi connectivity index (χ0n) is 10.9. The van der Waals surface area contributed by atoms with Gasteiger partial charge in [-0.25, -0.2) is 13.6 Å². The number of hydrogen-bond acceptors (Lipinski definition) is 4. The largest absolute Gasteiger partial charge is 0.307 e. The molecule has 0 aliphatic carbocycles. The van der Waals surface area contributed by atoms with E-state index < -0.39 is 10.0 Å². The van der Waals surface area contributed by atoms with Crippen LogP contribution in [-0.2, 0) is 10.0 Å². The van der Waals surface area contributed by atoms with E-state index in [1.807, 2.05) is 0 Å². The second-order valence-electron chi connectivity index (χ2n) is 4.36. The molecule has 0 fully saturated rings. The van der Waals surface area contributed by atoms with Crippen molar-refractivity contribution in [3.05, 3.63) is 29.8 Å². The minimum Gasteiger partial charge on any atom is -0.307 e. The highest BCUT2D eigenvalue weighted by molar-refractivity contribution is 7.98. The second kappa shape index (κ2) is 6.56. The Labute approximate surface area is 113 Å². The molecule has 2 unspecified atom stereocenters. The molecular formula is C12H20N2O2S2. The Morgan fingerprint density at radius 1 is 1.28 bits per heavy atom. The normalized spacial score (nSPS) is 15.3. The lowest BCUT2D eigenvalue weighted by atomic mass is 10.1. The smallest absolute Gasteiger partial charge is 0.238 e. The summed E-state index contributed by atoms with van der Waals surface area (Å²) in [6, 6.07) is 7.27. The molecule has 102 valence electrons. The summed E-state index contributed by atoms with van der Waals surface area (Å²) in [5, 5.41) is 8.51. The van der Waals surface area contributed by atoms with Crippen LogP contribution in [0.2, 0.25) is 0 Å². The van der Waals surface area contributed by atoms with Crippen molar-refractivity contribution in [2.24, 2.45) is 5.14 Å². The maximum Gasteiger partial charge on any atom is 0.238 e. The van der Waals surface area contributed by atoms with Crippen LogP contribution in [0.5, 0.6) is 0 Å². The van der Waals surface area contributed by atoms with Crippen LogP contribution in [-0.4, -0.2) is 26.5 Å². The predicted molar refractivity (Wildman–Crippen MR) is 77.2 cm³/mol. The number of benzene rings is 1. The fourth-order valence-corrected chi connectivity index (χ4v) is 2.88. The molecule has 18 heavy (non-hydrogen) atoms. The van der Waals surface area contributed by atoms with Crippen molar-refractivity contribution in [2.75, 3.05) is 12.0 Å². The van der Waals surface area contributed by atoms with Crippen molar-refractivity contribution in [1.29, 1.82) is 0 Å². The highest BCUT2D eigenvalue weighted by Gasteiger charge is 2.11. The zero-order chi connectivity index (χ0) is 13.8. The summed E-state index contributed by atoms with van der Waals surface area (Å²) in [6.45, 7) is 4.19. The van der Waals surface area contributed by atoms with E-state index >= 15 is 0 Å². The average molecular weight is 288 g/mol. The summed E-state index contributed by atoms with van der Waals surface area (Å²) < 4.78 is 22.3. The lowest BCUT2D eigenvalue weighted by Gasteiger charge is -2.19.